The maximum atomic E-state index is 12.7. The molecule has 0 aromatic carbocycles. The van der Waals surface area contributed by atoms with Crippen molar-refractivity contribution < 1.29 is 43.0 Å². The van der Waals surface area contributed by atoms with E-state index in [0.717, 1.165) is 32.1 Å². The number of hydrogen-bond donors (Lipinski definition) is 3. The summed E-state index contributed by atoms with van der Waals surface area (Å²) < 4.78 is 33.5. The summed E-state index contributed by atoms with van der Waals surface area (Å²) in [5.74, 6) is -0.373. The second-order valence-electron chi connectivity index (χ2n) is 17.9. The fourth-order valence-corrected chi connectivity index (χ4v) is 8.62. The highest BCUT2D eigenvalue weighted by Crippen LogP contribution is 2.43. The van der Waals surface area contributed by atoms with Crippen molar-refractivity contribution >= 4 is 13.8 Å². The average molecular weight is 877 g/mol. The number of carbonyl (C=O) groups excluding carboxylic acids is 1. The van der Waals surface area contributed by atoms with Gasteiger partial charge in [0.15, 0.2) is 0 Å². The zero-order chi connectivity index (χ0) is 43.9. The molecule has 0 bridgehead atoms. The number of phosphoric ester groups is 1. The molecule has 60 heavy (non-hydrogen) atoms. The van der Waals surface area contributed by atoms with Crippen molar-refractivity contribution in [1.29, 1.82) is 0 Å². The predicted octanol–water partition coefficient (Wildman–Crippen LogP) is 15.0. The topological polar surface area (TPSA) is 132 Å². The molecule has 0 aromatic rings. The van der Waals surface area contributed by atoms with E-state index in [4.69, 9.17) is 23.6 Å². The van der Waals surface area contributed by atoms with Crippen LogP contribution in [-0.4, -0.2) is 66.3 Å². The summed E-state index contributed by atoms with van der Waals surface area (Å²) in [7, 11) is -4.51. The quantitative estimate of drug-likeness (QED) is 0.0310. The van der Waals surface area contributed by atoms with E-state index in [2.05, 4.69) is 13.8 Å². The molecule has 10 heteroatoms. The van der Waals surface area contributed by atoms with Gasteiger partial charge in [-0.25, -0.2) is 4.57 Å². The minimum absolute atomic E-state index is 0.0585. The summed E-state index contributed by atoms with van der Waals surface area (Å²) >= 11 is 0. The van der Waals surface area contributed by atoms with Gasteiger partial charge in [-0.15, -0.1) is 0 Å². The number of phosphoric acid groups is 1. The van der Waals surface area contributed by atoms with Crippen LogP contribution in [0.1, 0.15) is 271 Å². The van der Waals surface area contributed by atoms with Gasteiger partial charge in [0, 0.05) is 13.0 Å². The van der Waals surface area contributed by atoms with Crippen molar-refractivity contribution in [1.82, 2.24) is 0 Å². The molecule has 0 aliphatic rings. The minimum atomic E-state index is -4.51. The molecule has 0 radical (unpaired) electrons. The fourth-order valence-electron chi connectivity index (χ4n) is 7.83. The molecule has 0 heterocycles. The van der Waals surface area contributed by atoms with E-state index in [9.17, 15) is 19.4 Å². The third-order valence-electron chi connectivity index (χ3n) is 11.8. The lowest BCUT2D eigenvalue weighted by atomic mass is 10.0. The van der Waals surface area contributed by atoms with Crippen LogP contribution < -0.4 is 0 Å². The van der Waals surface area contributed by atoms with Crippen molar-refractivity contribution in [2.75, 3.05) is 33.0 Å². The second kappa shape index (κ2) is 47.9. The first-order valence-electron chi connectivity index (χ1n) is 26.0. The van der Waals surface area contributed by atoms with Gasteiger partial charge in [0.05, 0.1) is 26.4 Å². The van der Waals surface area contributed by atoms with E-state index >= 15 is 0 Å². The Morgan fingerprint density at radius 1 is 0.450 bits per heavy atom. The van der Waals surface area contributed by atoms with Crippen LogP contribution in [0, 0.1) is 0 Å². The van der Waals surface area contributed by atoms with Crippen molar-refractivity contribution in [3.63, 3.8) is 0 Å². The lowest BCUT2D eigenvalue weighted by Crippen LogP contribution is -2.29. The smallest absolute Gasteiger partial charge is 0.457 e. The SMILES string of the molecule is CCCCCCCCCCCCCCCCCCCCCCCCCCCC(=O)O[C@H](COCCCCCCCCCCCCCCCC)COP(=O)(O)OC[C@@H](O)CO. The van der Waals surface area contributed by atoms with Gasteiger partial charge in [-0.2, -0.15) is 0 Å². The van der Waals surface area contributed by atoms with Crippen LogP contribution in [0.3, 0.4) is 0 Å². The summed E-state index contributed by atoms with van der Waals surface area (Å²) in [6.45, 7) is 3.60. The van der Waals surface area contributed by atoms with Crippen LogP contribution in [0.4, 0.5) is 0 Å². The average Bonchev–Trinajstić information content (AvgIpc) is 3.24. The first-order chi connectivity index (χ1) is 29.3. The molecule has 0 amide bonds. The Bertz CT molecular complexity index is 907. The molecule has 0 fully saturated rings. The molecular weight excluding hydrogens is 776 g/mol. The molecule has 1 unspecified atom stereocenters. The van der Waals surface area contributed by atoms with Crippen LogP contribution in [-0.2, 0) is 27.9 Å². The highest BCUT2D eigenvalue weighted by Gasteiger charge is 2.26. The number of carbonyl (C=O) groups is 1. The number of ether oxygens (including phenoxy) is 2. The molecule has 360 valence electrons. The van der Waals surface area contributed by atoms with Crippen molar-refractivity contribution in [3.8, 4) is 0 Å². The second-order valence-corrected chi connectivity index (χ2v) is 19.4. The molecule has 0 spiro atoms. The standard InChI is InChI=1S/C50H101O9P/c1-3-5-7-9-11-13-15-17-19-20-21-22-23-24-25-26-27-28-29-30-32-34-36-38-40-42-50(53)59-49(47-58-60(54,55)57-45-48(52)44-51)46-56-43-41-39-37-35-33-31-18-16-14-12-10-8-6-4-2/h48-49,51-52H,3-47H2,1-2H3,(H,54,55)/t48-,49+/m0/s1. The zero-order valence-corrected chi connectivity index (χ0v) is 40.6. The Labute approximate surface area is 371 Å². The number of rotatable bonds is 51. The van der Waals surface area contributed by atoms with E-state index in [1.807, 2.05) is 0 Å². The minimum Gasteiger partial charge on any atom is -0.457 e. The highest BCUT2D eigenvalue weighted by molar-refractivity contribution is 7.47. The van der Waals surface area contributed by atoms with Crippen LogP contribution in [0.2, 0.25) is 0 Å². The molecule has 0 aliphatic carbocycles. The molecular formula is C50H101O9P. The Morgan fingerprint density at radius 2 is 0.750 bits per heavy atom. The van der Waals surface area contributed by atoms with E-state index in [0.29, 0.717) is 6.61 Å². The maximum Gasteiger partial charge on any atom is 0.472 e. The number of esters is 1. The van der Waals surface area contributed by atoms with Crippen molar-refractivity contribution in [3.05, 3.63) is 0 Å². The van der Waals surface area contributed by atoms with Crippen LogP contribution >= 0.6 is 7.82 Å². The number of unbranched alkanes of at least 4 members (excludes halogenated alkanes) is 37. The van der Waals surface area contributed by atoms with Crippen molar-refractivity contribution in [2.24, 2.45) is 0 Å². The molecule has 0 saturated carbocycles. The summed E-state index contributed by atoms with van der Waals surface area (Å²) in [6.07, 6.45) is 49.3. The maximum absolute atomic E-state index is 12.7. The molecule has 0 aliphatic heterocycles. The predicted molar refractivity (Wildman–Crippen MR) is 252 cm³/mol. The molecule has 9 nitrogen and oxygen atoms in total. The first-order valence-corrected chi connectivity index (χ1v) is 27.5. The third-order valence-corrected chi connectivity index (χ3v) is 12.7. The van der Waals surface area contributed by atoms with E-state index < -0.39 is 33.2 Å². The summed E-state index contributed by atoms with van der Waals surface area (Å²) in [5.41, 5.74) is 0. The van der Waals surface area contributed by atoms with E-state index in [1.54, 1.807) is 0 Å². The van der Waals surface area contributed by atoms with Gasteiger partial charge in [-0.05, 0) is 12.8 Å². The van der Waals surface area contributed by atoms with Gasteiger partial charge in [0.25, 0.3) is 0 Å². The Morgan fingerprint density at radius 3 is 1.08 bits per heavy atom. The lowest BCUT2D eigenvalue weighted by molar-refractivity contribution is -0.154. The zero-order valence-electron chi connectivity index (χ0n) is 39.7. The first kappa shape index (κ1) is 59.5. The number of aliphatic hydroxyl groups is 2. The molecule has 0 aromatic heterocycles. The number of aliphatic hydroxyl groups excluding tert-OH is 2. The molecule has 3 N–H and O–H groups in total. The summed E-state index contributed by atoms with van der Waals surface area (Å²) in [4.78, 5) is 22.7. The van der Waals surface area contributed by atoms with Crippen molar-refractivity contribution in [2.45, 2.75) is 283 Å². The Hall–Kier alpha value is -0.540. The largest absolute Gasteiger partial charge is 0.472 e. The normalized spacial score (nSPS) is 13.8. The third kappa shape index (κ3) is 47.0. The highest BCUT2D eigenvalue weighted by atomic mass is 31.2. The van der Waals surface area contributed by atoms with Crippen LogP contribution in [0.5, 0.6) is 0 Å². The summed E-state index contributed by atoms with van der Waals surface area (Å²) in [6, 6.07) is 0. The Kier molecular flexibility index (Phi) is 47.5. The van der Waals surface area contributed by atoms with E-state index in [-0.39, 0.29) is 25.6 Å². The van der Waals surface area contributed by atoms with E-state index in [1.165, 1.54) is 218 Å². The summed E-state index contributed by atoms with van der Waals surface area (Å²) in [5, 5.41) is 18.4. The monoisotopic (exact) mass is 877 g/mol. The Balaban J connectivity index is 3.94. The fraction of sp³-hybridized carbons (Fsp3) is 0.980. The van der Waals surface area contributed by atoms with Gasteiger partial charge >= 0.3 is 13.8 Å². The van der Waals surface area contributed by atoms with Gasteiger partial charge in [0.1, 0.15) is 12.2 Å². The van der Waals surface area contributed by atoms with Gasteiger partial charge in [-0.1, -0.05) is 251 Å². The van der Waals surface area contributed by atoms with Crippen LogP contribution in [0.15, 0.2) is 0 Å². The van der Waals surface area contributed by atoms with Gasteiger partial charge in [0.2, 0.25) is 0 Å². The lowest BCUT2D eigenvalue weighted by Gasteiger charge is -2.20. The van der Waals surface area contributed by atoms with Gasteiger partial charge in [-0.3, -0.25) is 13.8 Å². The number of hydrogen-bond acceptors (Lipinski definition) is 8. The molecule has 3 atom stereocenters. The van der Waals surface area contributed by atoms with Crippen LogP contribution in [0.25, 0.3) is 0 Å². The molecule has 0 rings (SSSR count). The molecule has 0 saturated heterocycles. The van der Waals surface area contributed by atoms with Gasteiger partial charge < -0.3 is 24.6 Å².